The monoisotopic (exact) mass is 367 g/mol. The summed E-state index contributed by atoms with van der Waals surface area (Å²) in [6, 6.07) is 7.73. The lowest BCUT2D eigenvalue weighted by molar-refractivity contribution is -0.147. The van der Waals surface area contributed by atoms with Crippen molar-refractivity contribution in [1.82, 2.24) is 19.9 Å². The van der Waals surface area contributed by atoms with E-state index < -0.39 is 12.0 Å². The first-order chi connectivity index (χ1) is 11.5. The molecule has 2 aliphatic heterocycles. The van der Waals surface area contributed by atoms with Crippen LogP contribution in [-0.4, -0.2) is 19.9 Å². The number of alkyl halides is 3. The molecule has 24 heavy (non-hydrogen) atoms. The zero-order valence-corrected chi connectivity index (χ0v) is 13.4. The first-order valence-electron chi connectivity index (χ1n) is 6.95. The predicted octanol–water partition coefficient (Wildman–Crippen LogP) is 4.07. The number of thioether (sulfide) groups is 2. The van der Waals surface area contributed by atoms with Crippen molar-refractivity contribution in [3.63, 3.8) is 0 Å². The molecule has 0 fully saturated rings. The highest BCUT2D eigenvalue weighted by atomic mass is 32.2. The maximum absolute atomic E-state index is 13.3. The third kappa shape index (κ3) is 1.86. The molecule has 0 spiro atoms. The van der Waals surface area contributed by atoms with Gasteiger partial charge in [0, 0.05) is 28.1 Å². The van der Waals surface area contributed by atoms with Gasteiger partial charge in [-0.25, -0.2) is 4.68 Å². The Balaban J connectivity index is 1.65. The summed E-state index contributed by atoms with van der Waals surface area (Å²) in [5.74, 6) is -0.999. The highest BCUT2D eigenvalue weighted by Gasteiger charge is 2.47. The summed E-state index contributed by atoms with van der Waals surface area (Å²) < 4.78 is 40.9. The maximum Gasteiger partial charge on any atom is 0.453 e. The molecule has 0 radical (unpaired) electrons. The van der Waals surface area contributed by atoms with E-state index in [0.717, 1.165) is 26.2 Å². The van der Waals surface area contributed by atoms with Gasteiger partial charge in [-0.3, -0.25) is 5.01 Å². The normalized spacial score (nSPS) is 19.7. The van der Waals surface area contributed by atoms with Gasteiger partial charge in [0.2, 0.25) is 5.16 Å². The summed E-state index contributed by atoms with van der Waals surface area (Å²) in [7, 11) is 0. The molecular weight excluding hydrogens is 359 g/mol. The van der Waals surface area contributed by atoms with Gasteiger partial charge < -0.3 is 4.98 Å². The number of fused-ring (bicyclic) bond motifs is 4. The number of nitrogens with one attached hydrogen (secondary N) is 1. The summed E-state index contributed by atoms with van der Waals surface area (Å²) in [6.45, 7) is 0. The van der Waals surface area contributed by atoms with Crippen LogP contribution in [0.25, 0.3) is 10.9 Å². The number of H-pyrrole nitrogens is 1. The van der Waals surface area contributed by atoms with E-state index in [0.29, 0.717) is 0 Å². The van der Waals surface area contributed by atoms with E-state index in [1.165, 1.54) is 23.5 Å². The van der Waals surface area contributed by atoms with Gasteiger partial charge in [-0.15, -0.1) is 10.2 Å². The largest absolute Gasteiger partial charge is 0.453 e. The molecule has 1 unspecified atom stereocenters. The molecule has 0 saturated heterocycles. The molecule has 2 aliphatic rings. The van der Waals surface area contributed by atoms with E-state index in [1.54, 1.807) is 5.01 Å². The van der Waals surface area contributed by atoms with E-state index in [2.05, 4.69) is 15.2 Å². The lowest BCUT2D eigenvalue weighted by Gasteiger charge is -2.25. The van der Waals surface area contributed by atoms with Crippen LogP contribution in [0.15, 0.2) is 46.1 Å². The summed E-state index contributed by atoms with van der Waals surface area (Å²) in [5, 5.41) is 12.1. The quantitative estimate of drug-likeness (QED) is 0.703. The third-order valence-corrected chi connectivity index (χ3v) is 6.08. The second-order valence-corrected chi connectivity index (χ2v) is 7.24. The molecule has 10 heteroatoms. The molecule has 5 rings (SSSR count). The number of hydrogen-bond donors (Lipinski definition) is 1. The van der Waals surface area contributed by atoms with Gasteiger partial charge in [-0.1, -0.05) is 30.0 Å². The molecule has 3 aromatic rings. The van der Waals surface area contributed by atoms with Gasteiger partial charge >= 0.3 is 6.18 Å². The summed E-state index contributed by atoms with van der Waals surface area (Å²) in [6.07, 6.45) is -2.71. The zero-order chi connectivity index (χ0) is 16.5. The Morgan fingerprint density at radius 2 is 2.00 bits per heavy atom. The molecule has 122 valence electrons. The fourth-order valence-corrected chi connectivity index (χ4v) is 5.18. The van der Waals surface area contributed by atoms with Crippen molar-refractivity contribution < 1.29 is 13.2 Å². The van der Waals surface area contributed by atoms with Crippen LogP contribution in [0.4, 0.5) is 13.2 Å². The van der Waals surface area contributed by atoms with Crippen molar-refractivity contribution >= 4 is 34.4 Å². The van der Waals surface area contributed by atoms with Crippen LogP contribution in [0.2, 0.25) is 0 Å². The summed E-state index contributed by atoms with van der Waals surface area (Å²) in [4.78, 5) is 3.17. The van der Waals surface area contributed by atoms with Gasteiger partial charge in [-0.2, -0.15) is 13.2 Å². The zero-order valence-electron chi connectivity index (χ0n) is 11.8. The lowest BCUT2D eigenvalue weighted by atomic mass is 10.2. The Labute approximate surface area is 141 Å². The molecule has 0 saturated carbocycles. The van der Waals surface area contributed by atoms with Crippen LogP contribution in [0, 0.1) is 0 Å². The number of rotatable bonds is 1. The van der Waals surface area contributed by atoms with Gasteiger partial charge in [0.15, 0.2) is 0 Å². The standard InChI is InChI=1S/C14H8F3N5S2/c15-14(16,17)12-19-20-13-22(12)21-10(24-13)6-23-11(21)8-5-18-9-4-2-1-3-7(8)9/h1-6,11,18H. The van der Waals surface area contributed by atoms with Crippen LogP contribution < -0.4 is 5.01 Å². The highest BCUT2D eigenvalue weighted by molar-refractivity contribution is 8.07. The average Bonchev–Trinajstić information content (AvgIpc) is 3.24. The van der Waals surface area contributed by atoms with Crippen molar-refractivity contribution in [3.05, 3.63) is 52.3 Å². The molecule has 1 N–H and O–H groups in total. The molecule has 1 aromatic carbocycles. The van der Waals surface area contributed by atoms with E-state index in [9.17, 15) is 13.2 Å². The predicted molar refractivity (Wildman–Crippen MR) is 85.8 cm³/mol. The molecule has 2 aromatic heterocycles. The van der Waals surface area contributed by atoms with Crippen molar-refractivity contribution in [3.8, 4) is 0 Å². The lowest BCUT2D eigenvalue weighted by Crippen LogP contribution is -2.33. The minimum absolute atomic E-state index is 0.235. The molecule has 5 nitrogen and oxygen atoms in total. The van der Waals surface area contributed by atoms with Crippen LogP contribution in [-0.2, 0) is 6.18 Å². The van der Waals surface area contributed by atoms with Crippen LogP contribution in [0.5, 0.6) is 0 Å². The minimum Gasteiger partial charge on any atom is -0.361 e. The second kappa shape index (κ2) is 4.73. The summed E-state index contributed by atoms with van der Waals surface area (Å²) >= 11 is 2.67. The molecule has 4 heterocycles. The van der Waals surface area contributed by atoms with Crippen molar-refractivity contribution in [2.45, 2.75) is 16.7 Å². The van der Waals surface area contributed by atoms with Crippen LogP contribution >= 0.6 is 23.5 Å². The Kier molecular flexibility index (Phi) is 2.82. The number of halogens is 3. The van der Waals surface area contributed by atoms with Crippen LogP contribution in [0.1, 0.15) is 16.8 Å². The number of nitrogens with zero attached hydrogens (tertiary/aromatic N) is 4. The minimum atomic E-state index is -4.56. The Hall–Kier alpha value is -2.07. The first kappa shape index (κ1) is 14.3. The second-order valence-electron chi connectivity index (χ2n) is 5.30. The average molecular weight is 367 g/mol. The van der Waals surface area contributed by atoms with Gasteiger partial charge in [0.25, 0.3) is 5.82 Å². The van der Waals surface area contributed by atoms with E-state index in [4.69, 9.17) is 0 Å². The Bertz CT molecular complexity index is 990. The fourth-order valence-electron chi connectivity index (χ4n) is 2.92. The third-order valence-electron chi connectivity index (χ3n) is 3.91. The number of hydrogen-bond acceptors (Lipinski definition) is 5. The van der Waals surface area contributed by atoms with E-state index in [1.807, 2.05) is 35.9 Å². The molecule has 0 bridgehead atoms. The van der Waals surface area contributed by atoms with E-state index in [-0.39, 0.29) is 10.5 Å². The van der Waals surface area contributed by atoms with Crippen LogP contribution in [0.3, 0.4) is 0 Å². The maximum atomic E-state index is 13.3. The topological polar surface area (TPSA) is 49.7 Å². The molecule has 1 atom stereocenters. The highest BCUT2D eigenvalue weighted by Crippen LogP contribution is 2.53. The van der Waals surface area contributed by atoms with Crippen molar-refractivity contribution in [2.24, 2.45) is 0 Å². The van der Waals surface area contributed by atoms with Gasteiger partial charge in [0.1, 0.15) is 10.4 Å². The Morgan fingerprint density at radius 3 is 2.83 bits per heavy atom. The Morgan fingerprint density at radius 1 is 1.17 bits per heavy atom. The fraction of sp³-hybridized carbons (Fsp3) is 0.143. The molecule has 0 amide bonds. The number of aromatic nitrogens is 4. The van der Waals surface area contributed by atoms with Crippen molar-refractivity contribution in [2.75, 3.05) is 5.01 Å². The SMILES string of the molecule is FC(F)(F)c1nnc2n1N1C(=CSC1c1c[nH]c3ccccc13)S2. The first-order valence-corrected chi connectivity index (χ1v) is 8.71. The van der Waals surface area contributed by atoms with Gasteiger partial charge in [0.05, 0.1) is 0 Å². The van der Waals surface area contributed by atoms with Gasteiger partial charge in [-0.05, 0) is 17.8 Å². The smallest absolute Gasteiger partial charge is 0.361 e. The molecular formula is C14H8F3N5S2. The van der Waals surface area contributed by atoms with E-state index >= 15 is 0 Å². The van der Waals surface area contributed by atoms with Crippen molar-refractivity contribution in [1.29, 1.82) is 0 Å². The number of para-hydroxylation sites is 1. The number of benzene rings is 1. The number of aromatic amines is 1. The molecule has 0 aliphatic carbocycles. The summed E-state index contributed by atoms with van der Waals surface area (Å²) in [5.41, 5.74) is 1.88.